The maximum Gasteiger partial charge on any atom is 0.361 e. The van der Waals surface area contributed by atoms with E-state index in [0.29, 0.717) is 17.4 Å². The van der Waals surface area contributed by atoms with E-state index >= 15 is 0 Å². The lowest BCUT2D eigenvalue weighted by molar-refractivity contribution is -0.870. The van der Waals surface area contributed by atoms with E-state index in [1.165, 1.54) is 89.9 Å². The number of ether oxygens (including phenoxy) is 4. The Balaban J connectivity index is 4.36. The van der Waals surface area contributed by atoms with Crippen LogP contribution in [0.15, 0.2) is 48.6 Å². The van der Waals surface area contributed by atoms with Gasteiger partial charge in [0.05, 0.1) is 34.4 Å². The molecule has 0 radical (unpaired) electrons. The van der Waals surface area contributed by atoms with E-state index < -0.39 is 24.3 Å². The SMILES string of the molecule is CCCCC/C=C\CCCCCCCC(=O)OCC(COC(OCC[N+](C)(C)C)C(=O)O)OC(=O)CCCCCCCCCC/C=C\C/C=C\C/C=C\CCCCCCC. The van der Waals surface area contributed by atoms with Crippen LogP contribution in [0.5, 0.6) is 0 Å². The Labute approximate surface area is 368 Å². The number of carbonyl (C=O) groups excluding carboxylic acids is 2. The highest BCUT2D eigenvalue weighted by Crippen LogP contribution is 2.14. The van der Waals surface area contributed by atoms with Gasteiger partial charge in [-0.15, -0.1) is 0 Å². The normalized spacial score (nSPS) is 13.3. The number of carbonyl (C=O) groups is 3. The lowest BCUT2D eigenvalue weighted by Gasteiger charge is -2.25. The summed E-state index contributed by atoms with van der Waals surface area (Å²) in [6, 6.07) is 0. The highest BCUT2D eigenvalue weighted by atomic mass is 16.7. The van der Waals surface area contributed by atoms with Gasteiger partial charge in [0.25, 0.3) is 6.29 Å². The zero-order chi connectivity index (χ0) is 44.2. The second-order valence-electron chi connectivity index (χ2n) is 17.4. The zero-order valence-corrected chi connectivity index (χ0v) is 39.4. The van der Waals surface area contributed by atoms with Gasteiger partial charge in [0, 0.05) is 12.8 Å². The fourth-order valence-electron chi connectivity index (χ4n) is 6.48. The van der Waals surface area contributed by atoms with E-state index in [0.717, 1.165) is 77.0 Å². The summed E-state index contributed by atoms with van der Waals surface area (Å²) in [6.07, 6.45) is 47.4. The molecule has 0 saturated carbocycles. The number of carboxylic acids is 1. The molecule has 60 heavy (non-hydrogen) atoms. The van der Waals surface area contributed by atoms with Crippen LogP contribution in [0.2, 0.25) is 0 Å². The number of nitrogens with zero attached hydrogens (tertiary/aromatic N) is 1. The first kappa shape index (κ1) is 57.2. The van der Waals surface area contributed by atoms with Gasteiger partial charge < -0.3 is 28.5 Å². The third kappa shape index (κ3) is 43.3. The molecule has 0 aromatic heterocycles. The monoisotopic (exact) mass is 847 g/mol. The average molecular weight is 847 g/mol. The Morgan fingerprint density at radius 3 is 1.38 bits per heavy atom. The van der Waals surface area contributed by atoms with Crippen LogP contribution in [-0.2, 0) is 33.3 Å². The van der Waals surface area contributed by atoms with Crippen LogP contribution in [0.1, 0.15) is 200 Å². The molecule has 1 N–H and O–H groups in total. The van der Waals surface area contributed by atoms with Gasteiger partial charge in [0.1, 0.15) is 13.2 Å². The van der Waals surface area contributed by atoms with Crippen LogP contribution in [0, 0.1) is 0 Å². The van der Waals surface area contributed by atoms with Crippen molar-refractivity contribution < 1.29 is 42.9 Å². The molecule has 9 nitrogen and oxygen atoms in total. The molecule has 0 spiro atoms. The van der Waals surface area contributed by atoms with Crippen molar-refractivity contribution in [1.82, 2.24) is 0 Å². The number of allylic oxidation sites excluding steroid dienone is 8. The number of esters is 2. The lowest BCUT2D eigenvalue weighted by Crippen LogP contribution is -2.40. The third-order valence-corrected chi connectivity index (χ3v) is 10.3. The lowest BCUT2D eigenvalue weighted by atomic mass is 10.1. The number of quaternary nitrogens is 1. The standard InChI is InChI=1S/C51H91NO8/c1-6-8-10-12-14-16-18-20-21-22-23-24-25-26-27-28-29-30-32-34-36-38-40-42-49(54)60-47(46-59-51(50(55)56)57-44-43-52(3,4)5)45-58-48(53)41-39-37-35-33-31-19-17-15-13-11-9-7-2/h15,17-18,20,22-23,25-26,47,51H,6-14,16,19,21,24,27-46H2,1-5H3/p+1/b17-15-,20-18-,23-22-,26-25-. The van der Waals surface area contributed by atoms with Gasteiger partial charge in [-0.05, 0) is 77.0 Å². The molecule has 0 aromatic carbocycles. The van der Waals surface area contributed by atoms with Crippen molar-refractivity contribution >= 4 is 17.9 Å². The van der Waals surface area contributed by atoms with Gasteiger partial charge in [0.2, 0.25) is 0 Å². The molecule has 0 aromatic rings. The van der Waals surface area contributed by atoms with Gasteiger partial charge >= 0.3 is 17.9 Å². The summed E-state index contributed by atoms with van der Waals surface area (Å²) in [5.41, 5.74) is 0. The molecular weight excluding hydrogens is 755 g/mol. The second-order valence-corrected chi connectivity index (χ2v) is 17.4. The molecule has 0 aliphatic rings. The summed E-state index contributed by atoms with van der Waals surface area (Å²) in [5, 5.41) is 9.64. The Hall–Kier alpha value is -2.75. The van der Waals surface area contributed by atoms with Crippen molar-refractivity contribution in [2.75, 3.05) is 47.5 Å². The molecule has 9 heteroatoms. The number of likely N-dealkylation sites (N-methyl/N-ethyl adjacent to an activating group) is 1. The van der Waals surface area contributed by atoms with E-state index in [1.54, 1.807) is 0 Å². The zero-order valence-electron chi connectivity index (χ0n) is 39.4. The quantitative estimate of drug-likeness (QED) is 0.0212. The number of rotatable bonds is 44. The Morgan fingerprint density at radius 1 is 0.500 bits per heavy atom. The largest absolute Gasteiger partial charge is 0.477 e. The van der Waals surface area contributed by atoms with Gasteiger partial charge in [-0.1, -0.05) is 159 Å². The highest BCUT2D eigenvalue weighted by molar-refractivity contribution is 5.71. The van der Waals surface area contributed by atoms with E-state index in [4.69, 9.17) is 18.9 Å². The van der Waals surface area contributed by atoms with Crippen molar-refractivity contribution in [3.8, 4) is 0 Å². The van der Waals surface area contributed by atoms with E-state index in [9.17, 15) is 19.5 Å². The van der Waals surface area contributed by atoms with Crippen molar-refractivity contribution in [3.63, 3.8) is 0 Å². The smallest absolute Gasteiger partial charge is 0.361 e. The van der Waals surface area contributed by atoms with Crippen molar-refractivity contribution in [3.05, 3.63) is 48.6 Å². The van der Waals surface area contributed by atoms with Crippen LogP contribution >= 0.6 is 0 Å². The number of aliphatic carboxylic acids is 1. The van der Waals surface area contributed by atoms with Crippen LogP contribution in [0.3, 0.4) is 0 Å². The summed E-state index contributed by atoms with van der Waals surface area (Å²) in [6.45, 7) is 4.81. The van der Waals surface area contributed by atoms with Crippen molar-refractivity contribution in [2.45, 2.75) is 212 Å². The molecule has 348 valence electrons. The number of carboxylic acid groups (broad SMARTS) is 1. The number of hydrogen-bond donors (Lipinski definition) is 1. The minimum Gasteiger partial charge on any atom is -0.477 e. The van der Waals surface area contributed by atoms with Crippen LogP contribution < -0.4 is 0 Å². The van der Waals surface area contributed by atoms with Crippen LogP contribution in [0.4, 0.5) is 0 Å². The fourth-order valence-corrected chi connectivity index (χ4v) is 6.48. The summed E-state index contributed by atoms with van der Waals surface area (Å²) >= 11 is 0. The minimum atomic E-state index is -1.51. The fraction of sp³-hybridized carbons (Fsp3) is 0.784. The highest BCUT2D eigenvalue weighted by Gasteiger charge is 2.25. The Morgan fingerprint density at radius 2 is 0.900 bits per heavy atom. The van der Waals surface area contributed by atoms with E-state index in [-0.39, 0.29) is 38.6 Å². The van der Waals surface area contributed by atoms with Crippen LogP contribution in [0.25, 0.3) is 0 Å². The summed E-state index contributed by atoms with van der Waals surface area (Å²) in [4.78, 5) is 37.1. The molecule has 0 heterocycles. The second kappa shape index (κ2) is 42.9. The van der Waals surface area contributed by atoms with Gasteiger partial charge in [-0.25, -0.2) is 4.79 Å². The number of unbranched alkanes of at least 4 members (excludes halogenated alkanes) is 21. The summed E-state index contributed by atoms with van der Waals surface area (Å²) in [7, 11) is 5.95. The van der Waals surface area contributed by atoms with Crippen molar-refractivity contribution in [2.24, 2.45) is 0 Å². The summed E-state index contributed by atoms with van der Waals surface area (Å²) in [5.74, 6) is -2.03. The predicted octanol–water partition coefficient (Wildman–Crippen LogP) is 13.2. The van der Waals surface area contributed by atoms with E-state index in [1.807, 2.05) is 21.1 Å². The topological polar surface area (TPSA) is 108 Å². The molecule has 2 atom stereocenters. The molecule has 0 saturated heterocycles. The molecule has 0 amide bonds. The Kier molecular flexibility index (Phi) is 41.0. The first-order valence-electron chi connectivity index (χ1n) is 24.3. The molecule has 0 fully saturated rings. The first-order chi connectivity index (χ1) is 29.1. The van der Waals surface area contributed by atoms with E-state index in [2.05, 4.69) is 62.5 Å². The predicted molar refractivity (Wildman–Crippen MR) is 249 cm³/mol. The summed E-state index contributed by atoms with van der Waals surface area (Å²) < 4.78 is 22.7. The first-order valence-corrected chi connectivity index (χ1v) is 24.3. The Bertz CT molecular complexity index is 1120. The molecule has 0 rings (SSSR count). The molecule has 2 unspecified atom stereocenters. The molecule has 0 aliphatic heterocycles. The maximum absolute atomic E-state index is 12.8. The van der Waals surface area contributed by atoms with Gasteiger partial charge in [-0.2, -0.15) is 0 Å². The average Bonchev–Trinajstić information content (AvgIpc) is 3.21. The number of hydrogen-bond acceptors (Lipinski definition) is 7. The molecule has 0 aliphatic carbocycles. The van der Waals surface area contributed by atoms with Crippen molar-refractivity contribution in [1.29, 1.82) is 0 Å². The molecule has 0 bridgehead atoms. The van der Waals surface area contributed by atoms with Gasteiger partial charge in [-0.3, -0.25) is 9.59 Å². The molecular formula is C51H92NO8+. The maximum atomic E-state index is 12.8. The van der Waals surface area contributed by atoms with Crippen LogP contribution in [-0.4, -0.2) is 87.4 Å². The van der Waals surface area contributed by atoms with Gasteiger partial charge in [0.15, 0.2) is 6.10 Å². The minimum absolute atomic E-state index is 0.184. The third-order valence-electron chi connectivity index (χ3n) is 10.3.